The second-order valence-electron chi connectivity index (χ2n) is 6.84. The van der Waals surface area contributed by atoms with Gasteiger partial charge >= 0.3 is 0 Å². The van der Waals surface area contributed by atoms with Gasteiger partial charge in [-0.15, -0.1) is 0 Å². The zero-order valence-electron chi connectivity index (χ0n) is 13.5. The number of nitrogens with one attached hydrogen (secondary N) is 1. The lowest BCUT2D eigenvalue weighted by Crippen LogP contribution is -2.38. The topological polar surface area (TPSA) is 32.3 Å². The highest BCUT2D eigenvalue weighted by atomic mass is 19.1. The summed E-state index contributed by atoms with van der Waals surface area (Å²) in [4.78, 5) is 14.4. The van der Waals surface area contributed by atoms with Gasteiger partial charge in [0.1, 0.15) is 11.6 Å². The van der Waals surface area contributed by atoms with Gasteiger partial charge in [0.2, 0.25) is 5.91 Å². The van der Waals surface area contributed by atoms with Crippen LogP contribution in [0.25, 0.3) is 0 Å². The highest BCUT2D eigenvalue weighted by Crippen LogP contribution is 2.28. The van der Waals surface area contributed by atoms with E-state index in [0.717, 1.165) is 44.7 Å². The van der Waals surface area contributed by atoms with Crippen LogP contribution in [-0.2, 0) is 4.79 Å². The molecule has 1 saturated carbocycles. The van der Waals surface area contributed by atoms with Crippen molar-refractivity contribution in [2.75, 3.05) is 13.1 Å². The van der Waals surface area contributed by atoms with E-state index in [1.54, 1.807) is 0 Å². The molecule has 1 aromatic rings. The summed E-state index contributed by atoms with van der Waals surface area (Å²) < 4.78 is 26.6. The second-order valence-corrected chi connectivity index (χ2v) is 6.84. The minimum Gasteiger partial charge on any atom is -0.341 e. The van der Waals surface area contributed by atoms with E-state index in [2.05, 4.69) is 5.32 Å². The Morgan fingerprint density at radius 1 is 1.17 bits per heavy atom. The van der Waals surface area contributed by atoms with E-state index in [1.807, 2.05) is 11.8 Å². The van der Waals surface area contributed by atoms with Crippen LogP contribution in [-0.4, -0.2) is 29.9 Å². The lowest BCUT2D eigenvalue weighted by molar-refractivity contribution is -0.134. The van der Waals surface area contributed by atoms with Gasteiger partial charge in [0.05, 0.1) is 0 Å². The molecule has 1 amide bonds. The number of benzene rings is 1. The molecule has 1 aromatic carbocycles. The Hall–Kier alpha value is -1.49. The third kappa shape index (κ3) is 3.89. The molecule has 1 saturated heterocycles. The molecule has 2 atom stereocenters. The van der Waals surface area contributed by atoms with E-state index in [-0.39, 0.29) is 23.9 Å². The van der Waals surface area contributed by atoms with E-state index >= 15 is 0 Å². The maximum atomic E-state index is 13.3. The SMILES string of the molecule is C[C@@H](N[C@H]1CCN(C(=O)C2CCCC2)C1)c1cc(F)cc(F)c1. The number of amides is 1. The van der Waals surface area contributed by atoms with Crippen molar-refractivity contribution in [3.63, 3.8) is 0 Å². The minimum absolute atomic E-state index is 0.147. The van der Waals surface area contributed by atoms with Gasteiger partial charge < -0.3 is 10.2 Å². The first kappa shape index (κ1) is 16.4. The van der Waals surface area contributed by atoms with Crippen LogP contribution in [0.5, 0.6) is 0 Å². The van der Waals surface area contributed by atoms with E-state index in [9.17, 15) is 13.6 Å². The molecule has 0 unspecified atom stereocenters. The van der Waals surface area contributed by atoms with E-state index in [4.69, 9.17) is 0 Å². The molecule has 1 heterocycles. The van der Waals surface area contributed by atoms with Gasteiger partial charge in [-0.1, -0.05) is 12.8 Å². The minimum atomic E-state index is -0.557. The summed E-state index contributed by atoms with van der Waals surface area (Å²) in [5, 5.41) is 3.40. The van der Waals surface area contributed by atoms with Gasteiger partial charge in [-0.05, 0) is 43.9 Å². The van der Waals surface area contributed by atoms with Crippen LogP contribution in [0, 0.1) is 17.6 Å². The molecule has 1 N–H and O–H groups in total. The number of carbonyl (C=O) groups excluding carboxylic acids is 1. The number of likely N-dealkylation sites (tertiary alicyclic amines) is 1. The predicted octanol–water partition coefficient (Wildman–Crippen LogP) is 3.41. The number of hydrogen-bond acceptors (Lipinski definition) is 2. The van der Waals surface area contributed by atoms with Crippen molar-refractivity contribution in [1.29, 1.82) is 0 Å². The first-order valence-corrected chi connectivity index (χ1v) is 8.54. The van der Waals surface area contributed by atoms with Crippen molar-refractivity contribution in [2.45, 2.75) is 51.1 Å². The van der Waals surface area contributed by atoms with Crippen LogP contribution in [0.2, 0.25) is 0 Å². The largest absolute Gasteiger partial charge is 0.341 e. The molecule has 0 spiro atoms. The lowest BCUT2D eigenvalue weighted by atomic mass is 10.1. The van der Waals surface area contributed by atoms with Crippen LogP contribution in [0.1, 0.15) is 50.6 Å². The second kappa shape index (κ2) is 6.95. The normalized spacial score (nSPS) is 23.4. The molecule has 3 rings (SSSR count). The fraction of sp³-hybridized carbons (Fsp3) is 0.611. The predicted molar refractivity (Wildman–Crippen MR) is 84.9 cm³/mol. The van der Waals surface area contributed by atoms with Gasteiger partial charge in [-0.3, -0.25) is 4.79 Å². The van der Waals surface area contributed by atoms with Crippen LogP contribution < -0.4 is 5.32 Å². The third-order valence-electron chi connectivity index (χ3n) is 5.07. The zero-order chi connectivity index (χ0) is 16.4. The molecule has 0 radical (unpaired) electrons. The molecule has 126 valence electrons. The maximum Gasteiger partial charge on any atom is 0.225 e. The average Bonchev–Trinajstić information content (AvgIpc) is 3.17. The van der Waals surface area contributed by atoms with Crippen molar-refractivity contribution in [1.82, 2.24) is 10.2 Å². The van der Waals surface area contributed by atoms with Crippen LogP contribution >= 0.6 is 0 Å². The summed E-state index contributed by atoms with van der Waals surface area (Å²) >= 11 is 0. The fourth-order valence-corrected chi connectivity index (χ4v) is 3.80. The molecule has 5 heteroatoms. The van der Waals surface area contributed by atoms with Crippen molar-refractivity contribution in [3.8, 4) is 0 Å². The lowest BCUT2D eigenvalue weighted by Gasteiger charge is -2.22. The Bertz CT molecular complexity index is 552. The average molecular weight is 322 g/mol. The number of rotatable bonds is 4. The Morgan fingerprint density at radius 2 is 1.83 bits per heavy atom. The van der Waals surface area contributed by atoms with Crippen molar-refractivity contribution >= 4 is 5.91 Å². The summed E-state index contributed by atoms with van der Waals surface area (Å²) in [5.74, 6) is -0.615. The van der Waals surface area contributed by atoms with Gasteiger partial charge in [0.25, 0.3) is 0 Å². The summed E-state index contributed by atoms with van der Waals surface area (Å²) in [7, 11) is 0. The molecule has 2 aliphatic rings. The van der Waals surface area contributed by atoms with Crippen LogP contribution in [0.3, 0.4) is 0 Å². The highest BCUT2D eigenvalue weighted by Gasteiger charge is 2.32. The first-order chi connectivity index (χ1) is 11.0. The van der Waals surface area contributed by atoms with E-state index < -0.39 is 11.6 Å². The number of carbonyl (C=O) groups is 1. The number of hydrogen-bond donors (Lipinski definition) is 1. The van der Waals surface area contributed by atoms with Crippen LogP contribution in [0.15, 0.2) is 18.2 Å². The molecule has 23 heavy (non-hydrogen) atoms. The van der Waals surface area contributed by atoms with Crippen molar-refractivity contribution < 1.29 is 13.6 Å². The van der Waals surface area contributed by atoms with E-state index in [1.165, 1.54) is 12.1 Å². The number of halogens is 2. The monoisotopic (exact) mass is 322 g/mol. The maximum absolute atomic E-state index is 13.3. The van der Waals surface area contributed by atoms with Gasteiger partial charge in [-0.2, -0.15) is 0 Å². The Balaban J connectivity index is 1.55. The van der Waals surface area contributed by atoms with Crippen LogP contribution in [0.4, 0.5) is 8.78 Å². The molecule has 0 aromatic heterocycles. The summed E-state index contributed by atoms with van der Waals surface area (Å²) in [6.45, 7) is 3.37. The van der Waals surface area contributed by atoms with Gasteiger partial charge in [0, 0.05) is 37.2 Å². The summed E-state index contributed by atoms with van der Waals surface area (Å²) in [6, 6.07) is 3.63. The summed E-state index contributed by atoms with van der Waals surface area (Å²) in [6.07, 6.45) is 5.25. The first-order valence-electron chi connectivity index (χ1n) is 8.54. The highest BCUT2D eigenvalue weighted by molar-refractivity contribution is 5.79. The standard InChI is InChI=1S/C18H24F2N2O/c1-12(14-8-15(19)10-16(20)9-14)21-17-6-7-22(11-17)18(23)13-4-2-3-5-13/h8-10,12-13,17,21H,2-7,11H2,1H3/t12-,17+/m1/s1. The Kier molecular flexibility index (Phi) is 4.95. The van der Waals surface area contributed by atoms with Crippen molar-refractivity contribution in [2.24, 2.45) is 5.92 Å². The molecular formula is C18H24F2N2O. The van der Waals surface area contributed by atoms with Gasteiger partial charge in [-0.25, -0.2) is 8.78 Å². The Morgan fingerprint density at radius 3 is 2.48 bits per heavy atom. The molecule has 1 aliphatic heterocycles. The molecule has 0 bridgehead atoms. The molecular weight excluding hydrogens is 298 g/mol. The molecule has 1 aliphatic carbocycles. The zero-order valence-corrected chi connectivity index (χ0v) is 13.5. The summed E-state index contributed by atoms with van der Waals surface area (Å²) in [5.41, 5.74) is 0.600. The molecule has 2 fully saturated rings. The van der Waals surface area contributed by atoms with Gasteiger partial charge in [0.15, 0.2) is 0 Å². The number of nitrogens with zero attached hydrogens (tertiary/aromatic N) is 1. The third-order valence-corrected chi connectivity index (χ3v) is 5.07. The van der Waals surface area contributed by atoms with Crippen molar-refractivity contribution in [3.05, 3.63) is 35.4 Å². The Labute approximate surface area is 136 Å². The quantitative estimate of drug-likeness (QED) is 0.921. The molecule has 3 nitrogen and oxygen atoms in total. The fourth-order valence-electron chi connectivity index (χ4n) is 3.80. The van der Waals surface area contributed by atoms with E-state index in [0.29, 0.717) is 12.1 Å². The smallest absolute Gasteiger partial charge is 0.225 e.